The number of amides is 2. The molecule has 0 bridgehead atoms. The minimum Gasteiger partial charge on any atom is -0.480 e. The molecule has 0 aliphatic carbocycles. The number of carboxylic acid groups (broad SMARTS) is 1. The zero-order valence-electron chi connectivity index (χ0n) is 11.9. The second-order valence-electron chi connectivity index (χ2n) is 4.64. The van der Waals surface area contributed by atoms with Gasteiger partial charge in [-0.15, -0.1) is 0 Å². The Hall–Kier alpha value is -1.34. The zero-order chi connectivity index (χ0) is 14.8. The highest BCUT2D eigenvalue weighted by atomic mass is 16.4. The van der Waals surface area contributed by atoms with Crippen LogP contribution in [0.3, 0.4) is 0 Å². The number of aliphatic hydroxyl groups is 1. The van der Waals surface area contributed by atoms with Crippen LogP contribution in [-0.2, 0) is 4.79 Å². The van der Waals surface area contributed by atoms with E-state index in [4.69, 9.17) is 10.2 Å². The lowest BCUT2D eigenvalue weighted by atomic mass is 10.2. The number of nitrogens with zero attached hydrogens (tertiary/aromatic N) is 2. The Morgan fingerprint density at radius 1 is 1.21 bits per heavy atom. The van der Waals surface area contributed by atoms with Crippen LogP contribution < -0.4 is 5.32 Å². The average molecular weight is 275 g/mol. The van der Waals surface area contributed by atoms with Crippen LogP contribution in [0.2, 0.25) is 0 Å². The van der Waals surface area contributed by atoms with Crippen molar-refractivity contribution in [1.82, 2.24) is 15.1 Å². The second kappa shape index (κ2) is 9.57. The van der Waals surface area contributed by atoms with E-state index in [1.807, 2.05) is 25.9 Å². The summed E-state index contributed by atoms with van der Waals surface area (Å²) in [7, 11) is 3.82. The fraction of sp³-hybridized carbons (Fsp3) is 0.833. The van der Waals surface area contributed by atoms with E-state index in [0.29, 0.717) is 19.6 Å². The molecule has 112 valence electrons. The number of likely N-dealkylation sites (N-methyl/N-ethyl adjacent to an activating group) is 1. The normalized spacial score (nSPS) is 12.3. The first kappa shape index (κ1) is 17.7. The van der Waals surface area contributed by atoms with E-state index >= 15 is 0 Å². The van der Waals surface area contributed by atoms with Crippen LogP contribution in [0.15, 0.2) is 0 Å². The first-order valence-electron chi connectivity index (χ1n) is 6.46. The number of aliphatic hydroxyl groups excluding tert-OH is 1. The van der Waals surface area contributed by atoms with Gasteiger partial charge in [0, 0.05) is 32.7 Å². The smallest absolute Gasteiger partial charge is 0.326 e. The molecule has 0 aliphatic heterocycles. The van der Waals surface area contributed by atoms with E-state index in [1.54, 1.807) is 4.90 Å². The van der Waals surface area contributed by atoms with Crippen molar-refractivity contribution in [1.29, 1.82) is 0 Å². The molecule has 3 N–H and O–H groups in total. The van der Waals surface area contributed by atoms with Crippen LogP contribution >= 0.6 is 0 Å². The van der Waals surface area contributed by atoms with Gasteiger partial charge in [0.15, 0.2) is 0 Å². The van der Waals surface area contributed by atoms with Crippen LogP contribution in [0.4, 0.5) is 4.79 Å². The highest BCUT2D eigenvalue weighted by Gasteiger charge is 2.22. The molecule has 0 spiro atoms. The van der Waals surface area contributed by atoms with Crippen LogP contribution in [0.5, 0.6) is 0 Å². The fourth-order valence-electron chi connectivity index (χ4n) is 1.53. The van der Waals surface area contributed by atoms with E-state index in [1.165, 1.54) is 0 Å². The summed E-state index contributed by atoms with van der Waals surface area (Å²) < 4.78 is 0. The SMILES string of the molecule is CCCN(CCN(C)C)C(=O)N[C@H](CCO)C(=O)O. The van der Waals surface area contributed by atoms with Crippen molar-refractivity contribution in [3.8, 4) is 0 Å². The maximum atomic E-state index is 12.0. The van der Waals surface area contributed by atoms with E-state index in [9.17, 15) is 9.59 Å². The molecule has 0 unspecified atom stereocenters. The molecule has 0 fully saturated rings. The molecule has 1 atom stereocenters. The summed E-state index contributed by atoms with van der Waals surface area (Å²) in [5, 5.41) is 20.1. The summed E-state index contributed by atoms with van der Waals surface area (Å²) in [4.78, 5) is 26.5. The van der Waals surface area contributed by atoms with Gasteiger partial charge in [-0.05, 0) is 20.5 Å². The monoisotopic (exact) mass is 275 g/mol. The lowest BCUT2D eigenvalue weighted by Gasteiger charge is -2.26. The lowest BCUT2D eigenvalue weighted by molar-refractivity contribution is -0.139. The molecule has 7 nitrogen and oxygen atoms in total. The highest BCUT2D eigenvalue weighted by Crippen LogP contribution is 1.98. The third-order valence-corrected chi connectivity index (χ3v) is 2.61. The predicted molar refractivity (Wildman–Crippen MR) is 72.1 cm³/mol. The third-order valence-electron chi connectivity index (χ3n) is 2.61. The second-order valence-corrected chi connectivity index (χ2v) is 4.64. The molecule has 0 saturated heterocycles. The Kier molecular flexibility index (Phi) is 8.90. The first-order chi connectivity index (χ1) is 8.92. The number of carbonyl (C=O) groups excluding carboxylic acids is 1. The maximum absolute atomic E-state index is 12.0. The summed E-state index contributed by atoms with van der Waals surface area (Å²) in [6, 6.07) is -1.44. The van der Waals surface area contributed by atoms with E-state index in [0.717, 1.165) is 6.42 Å². The molecule has 0 aromatic rings. The topological polar surface area (TPSA) is 93.1 Å². The molecule has 0 aromatic heterocycles. The number of nitrogens with one attached hydrogen (secondary N) is 1. The summed E-state index contributed by atoms with van der Waals surface area (Å²) >= 11 is 0. The lowest BCUT2D eigenvalue weighted by Crippen LogP contribution is -2.49. The number of aliphatic carboxylic acids is 1. The van der Waals surface area contributed by atoms with Crippen molar-refractivity contribution in [3.05, 3.63) is 0 Å². The van der Waals surface area contributed by atoms with Gasteiger partial charge in [-0.2, -0.15) is 0 Å². The number of urea groups is 1. The fourth-order valence-corrected chi connectivity index (χ4v) is 1.53. The van der Waals surface area contributed by atoms with Crippen molar-refractivity contribution in [2.24, 2.45) is 0 Å². The maximum Gasteiger partial charge on any atom is 0.326 e. The van der Waals surface area contributed by atoms with Crippen LogP contribution in [0.1, 0.15) is 19.8 Å². The van der Waals surface area contributed by atoms with Crippen molar-refractivity contribution in [2.45, 2.75) is 25.8 Å². The summed E-state index contributed by atoms with van der Waals surface area (Å²) in [5.41, 5.74) is 0. The van der Waals surface area contributed by atoms with Crippen molar-refractivity contribution in [2.75, 3.05) is 40.3 Å². The summed E-state index contributed by atoms with van der Waals surface area (Å²) in [6.07, 6.45) is 0.813. The van der Waals surface area contributed by atoms with Gasteiger partial charge in [0.25, 0.3) is 0 Å². The highest BCUT2D eigenvalue weighted by molar-refractivity contribution is 5.82. The van der Waals surface area contributed by atoms with Gasteiger partial charge in [-0.3, -0.25) is 0 Å². The number of carboxylic acids is 1. The third kappa shape index (κ3) is 7.63. The molecule has 2 amide bonds. The van der Waals surface area contributed by atoms with Crippen LogP contribution in [0, 0.1) is 0 Å². The van der Waals surface area contributed by atoms with Gasteiger partial charge in [0.2, 0.25) is 0 Å². The van der Waals surface area contributed by atoms with E-state index < -0.39 is 18.0 Å². The van der Waals surface area contributed by atoms with Gasteiger partial charge in [-0.25, -0.2) is 9.59 Å². The molecule has 0 radical (unpaired) electrons. The molecule has 19 heavy (non-hydrogen) atoms. The Morgan fingerprint density at radius 3 is 2.26 bits per heavy atom. The van der Waals surface area contributed by atoms with Crippen LogP contribution in [-0.4, -0.2) is 78.4 Å². The first-order valence-corrected chi connectivity index (χ1v) is 6.46. The van der Waals surface area contributed by atoms with Crippen molar-refractivity contribution >= 4 is 12.0 Å². The Morgan fingerprint density at radius 2 is 1.84 bits per heavy atom. The van der Waals surface area contributed by atoms with Gasteiger partial charge in [-0.1, -0.05) is 6.92 Å². The molecular formula is C12H25N3O4. The molecule has 0 aromatic carbocycles. The summed E-state index contributed by atoms with van der Waals surface area (Å²) in [5.74, 6) is -1.13. The Balaban J connectivity index is 4.47. The van der Waals surface area contributed by atoms with Gasteiger partial charge >= 0.3 is 12.0 Å². The van der Waals surface area contributed by atoms with Crippen molar-refractivity contribution in [3.63, 3.8) is 0 Å². The molecular weight excluding hydrogens is 250 g/mol. The molecule has 0 rings (SSSR count). The van der Waals surface area contributed by atoms with Gasteiger partial charge in [0.1, 0.15) is 6.04 Å². The standard InChI is InChI=1S/C12H25N3O4/c1-4-6-15(8-7-14(2)3)12(19)13-10(5-9-16)11(17)18/h10,16H,4-9H2,1-3H3,(H,13,19)(H,17,18)/t10-/m1/s1. The number of carbonyl (C=O) groups is 2. The number of rotatable bonds is 9. The predicted octanol–water partition coefficient (Wildman–Crippen LogP) is -0.195. The average Bonchev–Trinajstić information content (AvgIpc) is 2.33. The van der Waals surface area contributed by atoms with Gasteiger partial charge in [0.05, 0.1) is 0 Å². The van der Waals surface area contributed by atoms with E-state index in [-0.39, 0.29) is 13.0 Å². The minimum absolute atomic E-state index is 0.00865. The van der Waals surface area contributed by atoms with E-state index in [2.05, 4.69) is 5.32 Å². The molecule has 0 saturated carbocycles. The van der Waals surface area contributed by atoms with Crippen molar-refractivity contribution < 1.29 is 19.8 Å². The molecule has 0 heterocycles. The quantitative estimate of drug-likeness (QED) is 0.542. The van der Waals surface area contributed by atoms with Crippen LogP contribution in [0.25, 0.3) is 0 Å². The van der Waals surface area contributed by atoms with Gasteiger partial charge < -0.3 is 25.3 Å². The number of hydrogen-bond acceptors (Lipinski definition) is 4. The molecule has 7 heteroatoms. The summed E-state index contributed by atoms with van der Waals surface area (Å²) in [6.45, 7) is 3.51. The minimum atomic E-state index is -1.13. The largest absolute Gasteiger partial charge is 0.480 e. The Bertz CT molecular complexity index is 284. The zero-order valence-corrected chi connectivity index (χ0v) is 11.9. The Labute approximate surface area is 114 Å². The number of hydrogen-bond donors (Lipinski definition) is 3. The molecule has 0 aliphatic rings.